The van der Waals surface area contributed by atoms with Crippen molar-refractivity contribution in [2.75, 3.05) is 0 Å². The first-order chi connectivity index (χ1) is 9.43. The number of aliphatic hydroxyl groups is 1. The van der Waals surface area contributed by atoms with Gasteiger partial charge in [-0.25, -0.2) is 0 Å². The van der Waals surface area contributed by atoms with E-state index < -0.39 is 0 Å². The van der Waals surface area contributed by atoms with Crippen molar-refractivity contribution in [1.29, 1.82) is 0 Å². The van der Waals surface area contributed by atoms with Crippen LogP contribution in [0.5, 0.6) is 0 Å². The van der Waals surface area contributed by atoms with E-state index in [1.54, 1.807) is 6.26 Å². The first kappa shape index (κ1) is 14.6. The molecule has 0 amide bonds. The second-order valence-electron chi connectivity index (χ2n) is 5.96. The van der Waals surface area contributed by atoms with Gasteiger partial charge in [0.1, 0.15) is 11.5 Å². The molecule has 1 aromatic heterocycles. The molecule has 0 bridgehead atoms. The van der Waals surface area contributed by atoms with Crippen LogP contribution in [0.2, 0.25) is 0 Å². The molecule has 0 saturated heterocycles. The highest BCUT2D eigenvalue weighted by Crippen LogP contribution is 2.36. The van der Waals surface area contributed by atoms with Gasteiger partial charge in [0.05, 0.1) is 18.4 Å². The first-order valence-corrected chi connectivity index (χ1v) is 6.94. The fourth-order valence-electron chi connectivity index (χ4n) is 2.56. The minimum Gasteiger partial charge on any atom is -0.511 e. The van der Waals surface area contributed by atoms with Crippen LogP contribution < -0.4 is 0 Å². The van der Waals surface area contributed by atoms with Gasteiger partial charge in [-0.3, -0.25) is 9.79 Å². The molecule has 0 saturated carbocycles. The Bertz CT molecular complexity index is 550. The number of Topliss-reactive ketones (excluding diaryl/α,β-unsaturated/α-hetero) is 1. The summed E-state index contributed by atoms with van der Waals surface area (Å²) in [6, 6.07) is 3.65. The van der Waals surface area contributed by atoms with Crippen LogP contribution in [0.25, 0.3) is 0 Å². The summed E-state index contributed by atoms with van der Waals surface area (Å²) in [6.07, 6.45) is 3.19. The van der Waals surface area contributed by atoms with Gasteiger partial charge in [-0.15, -0.1) is 0 Å². The zero-order valence-electron chi connectivity index (χ0n) is 12.3. The maximum atomic E-state index is 12.3. The van der Waals surface area contributed by atoms with Crippen molar-refractivity contribution in [3.8, 4) is 0 Å². The summed E-state index contributed by atoms with van der Waals surface area (Å²) < 4.78 is 5.23. The molecule has 108 valence electrons. The van der Waals surface area contributed by atoms with Crippen molar-refractivity contribution in [2.24, 2.45) is 10.4 Å². The summed E-state index contributed by atoms with van der Waals surface area (Å²) in [5.74, 6) is 0.907. The third-order valence-electron chi connectivity index (χ3n) is 3.48. The van der Waals surface area contributed by atoms with Gasteiger partial charge in [0.15, 0.2) is 5.78 Å². The van der Waals surface area contributed by atoms with Crippen LogP contribution in [0.15, 0.2) is 39.1 Å². The van der Waals surface area contributed by atoms with E-state index >= 15 is 0 Å². The number of aliphatic hydroxyl groups excluding tert-OH is 1. The van der Waals surface area contributed by atoms with Gasteiger partial charge in [0, 0.05) is 18.6 Å². The van der Waals surface area contributed by atoms with Crippen molar-refractivity contribution in [3.05, 3.63) is 35.5 Å². The van der Waals surface area contributed by atoms with Crippen LogP contribution in [0.4, 0.5) is 0 Å². The molecule has 1 aliphatic rings. The minimum atomic E-state index is -0.176. The van der Waals surface area contributed by atoms with Crippen molar-refractivity contribution in [2.45, 2.75) is 46.6 Å². The number of furan rings is 1. The lowest BCUT2D eigenvalue weighted by Crippen LogP contribution is -2.29. The average Bonchev–Trinajstić information content (AvgIpc) is 2.84. The Morgan fingerprint density at radius 1 is 1.45 bits per heavy atom. The number of aliphatic imine (C=N–C) groups is 1. The molecule has 2 rings (SSSR count). The lowest BCUT2D eigenvalue weighted by atomic mass is 9.75. The smallest absolute Gasteiger partial charge is 0.168 e. The van der Waals surface area contributed by atoms with Crippen molar-refractivity contribution >= 4 is 11.5 Å². The predicted molar refractivity (Wildman–Crippen MR) is 77.8 cm³/mol. The highest BCUT2D eigenvalue weighted by atomic mass is 16.3. The zero-order valence-corrected chi connectivity index (χ0v) is 12.3. The zero-order chi connectivity index (χ0) is 14.8. The number of hydrogen-bond acceptors (Lipinski definition) is 4. The Labute approximate surface area is 119 Å². The average molecular weight is 275 g/mol. The fraction of sp³-hybridized carbons (Fsp3) is 0.500. The van der Waals surface area contributed by atoms with Gasteiger partial charge in [-0.1, -0.05) is 20.8 Å². The molecular weight excluding hydrogens is 254 g/mol. The van der Waals surface area contributed by atoms with Gasteiger partial charge in [-0.2, -0.15) is 0 Å². The summed E-state index contributed by atoms with van der Waals surface area (Å²) in [5.41, 5.74) is 0.905. The summed E-state index contributed by atoms with van der Waals surface area (Å²) in [4.78, 5) is 16.7. The standard InChI is InChI=1S/C16H21NO3/c1-4-12(17-10-11-6-5-7-20-11)15-13(18)8-16(2,3)9-14(15)19/h5-7,18H,4,8-10H2,1-3H3. The topological polar surface area (TPSA) is 62.8 Å². The molecule has 0 unspecified atom stereocenters. The molecule has 4 nitrogen and oxygen atoms in total. The molecule has 0 fully saturated rings. The Morgan fingerprint density at radius 2 is 2.20 bits per heavy atom. The third kappa shape index (κ3) is 3.18. The van der Waals surface area contributed by atoms with Gasteiger partial charge >= 0.3 is 0 Å². The maximum absolute atomic E-state index is 12.3. The maximum Gasteiger partial charge on any atom is 0.168 e. The van der Waals surface area contributed by atoms with E-state index in [1.807, 2.05) is 32.9 Å². The molecule has 20 heavy (non-hydrogen) atoms. The summed E-state index contributed by atoms with van der Waals surface area (Å²) in [6.45, 7) is 6.31. The van der Waals surface area contributed by atoms with E-state index in [-0.39, 0.29) is 17.0 Å². The molecular formula is C16H21NO3. The number of ketones is 1. The third-order valence-corrected chi connectivity index (χ3v) is 3.48. The van der Waals surface area contributed by atoms with Crippen LogP contribution in [0.1, 0.15) is 45.8 Å². The van der Waals surface area contributed by atoms with Crippen molar-refractivity contribution in [3.63, 3.8) is 0 Å². The van der Waals surface area contributed by atoms with E-state index in [1.165, 1.54) is 0 Å². The molecule has 1 aromatic rings. The number of hydrogen-bond donors (Lipinski definition) is 1. The molecule has 1 heterocycles. The Hall–Kier alpha value is -1.84. The van der Waals surface area contributed by atoms with E-state index in [4.69, 9.17) is 4.42 Å². The molecule has 1 N–H and O–H groups in total. The first-order valence-electron chi connectivity index (χ1n) is 6.94. The lowest BCUT2D eigenvalue weighted by Gasteiger charge is -2.29. The Morgan fingerprint density at radius 3 is 2.75 bits per heavy atom. The predicted octanol–water partition coefficient (Wildman–Crippen LogP) is 3.83. The van der Waals surface area contributed by atoms with Crippen LogP contribution in [0, 0.1) is 5.41 Å². The largest absolute Gasteiger partial charge is 0.511 e. The highest BCUT2D eigenvalue weighted by molar-refractivity contribution is 6.23. The fourth-order valence-corrected chi connectivity index (χ4v) is 2.56. The lowest BCUT2D eigenvalue weighted by molar-refractivity contribution is -0.117. The SMILES string of the molecule is CCC(=NCc1ccco1)C1=C(O)CC(C)(C)CC1=O. The van der Waals surface area contributed by atoms with Crippen LogP contribution in [0.3, 0.4) is 0 Å². The van der Waals surface area contributed by atoms with Gasteiger partial charge < -0.3 is 9.52 Å². The molecule has 0 aromatic carbocycles. The van der Waals surface area contributed by atoms with Gasteiger partial charge in [0.2, 0.25) is 0 Å². The Balaban J connectivity index is 2.26. The van der Waals surface area contributed by atoms with Crippen molar-refractivity contribution < 1.29 is 14.3 Å². The number of carbonyl (C=O) groups is 1. The van der Waals surface area contributed by atoms with E-state index in [9.17, 15) is 9.90 Å². The highest BCUT2D eigenvalue weighted by Gasteiger charge is 2.34. The normalized spacial score (nSPS) is 19.6. The van der Waals surface area contributed by atoms with E-state index in [0.29, 0.717) is 37.1 Å². The summed E-state index contributed by atoms with van der Waals surface area (Å²) >= 11 is 0. The molecule has 4 heteroatoms. The van der Waals surface area contributed by atoms with Crippen molar-refractivity contribution in [1.82, 2.24) is 0 Å². The summed E-state index contributed by atoms with van der Waals surface area (Å²) in [7, 11) is 0. The second kappa shape index (κ2) is 5.65. The van der Waals surface area contributed by atoms with Gasteiger partial charge in [0.25, 0.3) is 0 Å². The molecule has 1 aliphatic carbocycles. The van der Waals surface area contributed by atoms with E-state index in [0.717, 1.165) is 5.76 Å². The monoisotopic (exact) mass is 275 g/mol. The molecule has 0 radical (unpaired) electrons. The molecule has 0 spiro atoms. The van der Waals surface area contributed by atoms with Crippen LogP contribution in [-0.4, -0.2) is 16.6 Å². The number of carbonyl (C=O) groups excluding carboxylic acids is 1. The quantitative estimate of drug-likeness (QED) is 0.849. The number of allylic oxidation sites excluding steroid dienone is 2. The minimum absolute atomic E-state index is 0.0150. The molecule has 0 aliphatic heterocycles. The Kier molecular flexibility index (Phi) is 4.12. The van der Waals surface area contributed by atoms with Gasteiger partial charge in [-0.05, 0) is 24.0 Å². The number of rotatable bonds is 4. The van der Waals surface area contributed by atoms with E-state index in [2.05, 4.69) is 4.99 Å². The van der Waals surface area contributed by atoms with Crippen LogP contribution >= 0.6 is 0 Å². The number of nitrogens with zero attached hydrogens (tertiary/aromatic N) is 1. The molecule has 0 atom stereocenters. The summed E-state index contributed by atoms with van der Waals surface area (Å²) in [5, 5.41) is 10.2. The van der Waals surface area contributed by atoms with Crippen LogP contribution in [-0.2, 0) is 11.3 Å². The second-order valence-corrected chi connectivity index (χ2v) is 5.96.